The Morgan fingerprint density at radius 1 is 1.42 bits per heavy atom. The second-order valence-corrected chi connectivity index (χ2v) is 2.76. The van der Waals surface area contributed by atoms with E-state index in [1.807, 2.05) is 19.1 Å². The highest BCUT2D eigenvalue weighted by Crippen LogP contribution is 2.10. The third kappa shape index (κ3) is 0.993. The van der Waals surface area contributed by atoms with Gasteiger partial charge in [0.25, 0.3) is 0 Å². The van der Waals surface area contributed by atoms with E-state index < -0.39 is 0 Å². The van der Waals surface area contributed by atoms with E-state index in [-0.39, 0.29) is 0 Å². The standard InChI is InChI=1S/C9H9N2O/c1-7-5-11(12)6-8-3-2-4-10-9(7)8/h2-6,12H,1H3/q+1. The molecule has 0 unspecified atom stereocenters. The van der Waals surface area contributed by atoms with Crippen molar-refractivity contribution in [3.05, 3.63) is 36.3 Å². The van der Waals surface area contributed by atoms with Crippen molar-refractivity contribution in [1.29, 1.82) is 0 Å². The highest BCUT2D eigenvalue weighted by atomic mass is 16.5. The fourth-order valence-electron chi connectivity index (χ4n) is 1.29. The van der Waals surface area contributed by atoms with E-state index in [1.165, 1.54) is 0 Å². The number of aryl methyl sites for hydroxylation is 1. The Kier molecular flexibility index (Phi) is 1.43. The van der Waals surface area contributed by atoms with Crippen molar-refractivity contribution < 1.29 is 9.94 Å². The molecule has 0 bridgehead atoms. The molecule has 60 valence electrons. The Bertz CT molecular complexity index is 426. The molecule has 0 aliphatic heterocycles. The molecule has 0 aliphatic rings. The van der Waals surface area contributed by atoms with Gasteiger partial charge in [-0.25, -0.2) is 0 Å². The molecule has 1 N–H and O–H groups in total. The van der Waals surface area contributed by atoms with Crippen molar-refractivity contribution in [3.63, 3.8) is 0 Å². The molecule has 0 radical (unpaired) electrons. The van der Waals surface area contributed by atoms with Gasteiger partial charge in [-0.05, 0) is 19.1 Å². The van der Waals surface area contributed by atoms with Crippen LogP contribution >= 0.6 is 0 Å². The van der Waals surface area contributed by atoms with Gasteiger partial charge in [0.05, 0.1) is 10.9 Å². The lowest BCUT2D eigenvalue weighted by atomic mass is 10.2. The predicted octanol–water partition coefficient (Wildman–Crippen LogP) is 1.07. The normalized spacial score (nSPS) is 10.4. The number of aromatic nitrogens is 2. The van der Waals surface area contributed by atoms with Crippen LogP contribution in [0.15, 0.2) is 30.7 Å². The highest BCUT2D eigenvalue weighted by molar-refractivity contribution is 5.79. The fraction of sp³-hybridized carbons (Fsp3) is 0.111. The molecule has 2 aromatic heterocycles. The summed E-state index contributed by atoms with van der Waals surface area (Å²) in [5, 5.41) is 10.1. The van der Waals surface area contributed by atoms with Crippen molar-refractivity contribution in [1.82, 2.24) is 4.98 Å². The zero-order valence-electron chi connectivity index (χ0n) is 6.73. The SMILES string of the molecule is Cc1c[n+](O)cc2cccnc12. The number of pyridine rings is 2. The van der Waals surface area contributed by atoms with Crippen molar-refractivity contribution in [2.75, 3.05) is 0 Å². The molecular formula is C9H9N2O+. The second kappa shape index (κ2) is 2.44. The number of hydrogen-bond acceptors (Lipinski definition) is 2. The van der Waals surface area contributed by atoms with E-state index in [9.17, 15) is 5.21 Å². The van der Waals surface area contributed by atoms with Crippen molar-refractivity contribution in [2.24, 2.45) is 0 Å². The summed E-state index contributed by atoms with van der Waals surface area (Å²) >= 11 is 0. The molecule has 0 aromatic carbocycles. The van der Waals surface area contributed by atoms with Crippen LogP contribution in [0.25, 0.3) is 10.9 Å². The topological polar surface area (TPSA) is 37.0 Å². The van der Waals surface area contributed by atoms with Crippen LogP contribution in [0.1, 0.15) is 5.56 Å². The number of hydrogen-bond donors (Lipinski definition) is 1. The summed E-state index contributed by atoms with van der Waals surface area (Å²) in [5.41, 5.74) is 1.90. The molecule has 12 heavy (non-hydrogen) atoms. The van der Waals surface area contributed by atoms with Gasteiger partial charge in [0.1, 0.15) is 0 Å². The number of rotatable bonds is 0. The summed E-state index contributed by atoms with van der Waals surface area (Å²) in [6.45, 7) is 1.92. The fourth-order valence-corrected chi connectivity index (χ4v) is 1.29. The van der Waals surface area contributed by atoms with E-state index in [2.05, 4.69) is 4.98 Å². The monoisotopic (exact) mass is 161 g/mol. The average molecular weight is 161 g/mol. The first-order chi connectivity index (χ1) is 5.77. The van der Waals surface area contributed by atoms with Crippen LogP contribution in [0, 0.1) is 6.92 Å². The van der Waals surface area contributed by atoms with Crippen LogP contribution in [0.3, 0.4) is 0 Å². The molecule has 0 amide bonds. The molecule has 0 saturated heterocycles. The van der Waals surface area contributed by atoms with E-state index in [4.69, 9.17) is 0 Å². The van der Waals surface area contributed by atoms with Gasteiger partial charge in [0.15, 0.2) is 0 Å². The van der Waals surface area contributed by atoms with E-state index in [0.717, 1.165) is 21.2 Å². The molecule has 3 heteroatoms. The first-order valence-electron chi connectivity index (χ1n) is 3.73. The zero-order chi connectivity index (χ0) is 8.55. The lowest BCUT2D eigenvalue weighted by molar-refractivity contribution is -0.904. The minimum atomic E-state index is 0.933. The quantitative estimate of drug-likeness (QED) is 0.463. The molecule has 0 saturated carbocycles. The summed E-state index contributed by atoms with van der Waals surface area (Å²) in [5.74, 6) is 0. The average Bonchev–Trinajstić information content (AvgIpc) is 2.04. The maximum atomic E-state index is 9.20. The summed E-state index contributed by atoms with van der Waals surface area (Å²) in [6, 6.07) is 3.77. The first-order valence-corrected chi connectivity index (χ1v) is 3.73. The van der Waals surface area contributed by atoms with Gasteiger partial charge in [-0.1, -0.05) is 0 Å². The van der Waals surface area contributed by atoms with Gasteiger partial charge in [-0.2, -0.15) is 0 Å². The minimum Gasteiger partial charge on any atom is -0.285 e. The summed E-state index contributed by atoms with van der Waals surface area (Å²) < 4.78 is 1.05. The van der Waals surface area contributed by atoms with E-state index >= 15 is 0 Å². The van der Waals surface area contributed by atoms with Gasteiger partial charge in [-0.3, -0.25) is 10.2 Å². The van der Waals surface area contributed by atoms with Gasteiger partial charge in [0.2, 0.25) is 12.4 Å². The van der Waals surface area contributed by atoms with Gasteiger partial charge in [0, 0.05) is 16.5 Å². The van der Waals surface area contributed by atoms with Crippen LogP contribution in [0.4, 0.5) is 0 Å². The van der Waals surface area contributed by atoms with Crippen molar-refractivity contribution in [2.45, 2.75) is 6.92 Å². The van der Waals surface area contributed by atoms with Crippen molar-refractivity contribution >= 4 is 10.9 Å². The predicted molar refractivity (Wildman–Crippen MR) is 43.9 cm³/mol. The van der Waals surface area contributed by atoms with Crippen LogP contribution < -0.4 is 4.73 Å². The van der Waals surface area contributed by atoms with Crippen LogP contribution in [-0.4, -0.2) is 10.2 Å². The maximum absolute atomic E-state index is 9.20. The Balaban J connectivity index is 2.89. The molecule has 3 nitrogen and oxygen atoms in total. The summed E-state index contributed by atoms with van der Waals surface area (Å²) in [6.07, 6.45) is 5.02. The largest absolute Gasteiger partial charge is 0.285 e. The van der Waals surface area contributed by atoms with Gasteiger partial charge >= 0.3 is 0 Å². The molecule has 2 heterocycles. The number of nitrogens with zero attached hydrogens (tertiary/aromatic N) is 2. The molecule has 0 aliphatic carbocycles. The van der Waals surface area contributed by atoms with Gasteiger partial charge in [-0.15, -0.1) is 0 Å². The Morgan fingerprint density at radius 3 is 3.08 bits per heavy atom. The van der Waals surface area contributed by atoms with Crippen molar-refractivity contribution in [3.8, 4) is 0 Å². The Hall–Kier alpha value is -1.64. The zero-order valence-corrected chi connectivity index (χ0v) is 6.73. The molecule has 2 aromatic rings. The first kappa shape index (κ1) is 7.03. The third-order valence-electron chi connectivity index (χ3n) is 1.81. The number of fused-ring (bicyclic) bond motifs is 1. The Morgan fingerprint density at radius 2 is 2.25 bits per heavy atom. The molecule has 0 spiro atoms. The molecular weight excluding hydrogens is 152 g/mol. The van der Waals surface area contributed by atoms with Crippen LogP contribution in [0.2, 0.25) is 0 Å². The second-order valence-electron chi connectivity index (χ2n) is 2.76. The Labute approximate surface area is 69.9 Å². The lowest BCUT2D eigenvalue weighted by Crippen LogP contribution is -2.29. The van der Waals surface area contributed by atoms with Crippen LogP contribution in [-0.2, 0) is 0 Å². The molecule has 0 fully saturated rings. The van der Waals surface area contributed by atoms with Gasteiger partial charge < -0.3 is 0 Å². The van der Waals surface area contributed by atoms with E-state index in [1.54, 1.807) is 18.6 Å². The summed E-state index contributed by atoms with van der Waals surface area (Å²) in [4.78, 5) is 4.20. The maximum Gasteiger partial charge on any atom is 0.231 e. The smallest absolute Gasteiger partial charge is 0.231 e. The molecule has 0 atom stereocenters. The van der Waals surface area contributed by atoms with E-state index in [0.29, 0.717) is 0 Å². The minimum absolute atomic E-state index is 0.933. The van der Waals surface area contributed by atoms with Crippen LogP contribution in [0.5, 0.6) is 0 Å². The molecule has 2 rings (SSSR count). The third-order valence-corrected chi connectivity index (χ3v) is 1.81. The highest BCUT2D eigenvalue weighted by Gasteiger charge is 2.05. The summed E-state index contributed by atoms with van der Waals surface area (Å²) in [7, 11) is 0. The lowest BCUT2D eigenvalue weighted by Gasteiger charge is -1.95.